The quantitative estimate of drug-likeness (QED) is 0.912. The molecule has 0 saturated carbocycles. The van der Waals surface area contributed by atoms with Crippen LogP contribution in [0.15, 0.2) is 27.7 Å². The Morgan fingerprint density at radius 3 is 2.50 bits per heavy atom. The molecular weight excluding hydrogens is 328 g/mol. The summed E-state index contributed by atoms with van der Waals surface area (Å²) in [5.74, 6) is 1.30. The number of nitrogens with zero attached hydrogens (tertiary/aromatic N) is 3. The zero-order chi connectivity index (χ0) is 17.3. The number of sulfonamides is 1. The van der Waals surface area contributed by atoms with E-state index < -0.39 is 10.0 Å². The van der Waals surface area contributed by atoms with Gasteiger partial charge in [-0.3, -0.25) is 4.72 Å². The highest BCUT2D eigenvalue weighted by atomic mass is 32.2. The van der Waals surface area contributed by atoms with Crippen LogP contribution in [0.2, 0.25) is 0 Å². The van der Waals surface area contributed by atoms with Gasteiger partial charge in [0, 0.05) is 13.1 Å². The van der Waals surface area contributed by atoms with Gasteiger partial charge in [-0.15, -0.1) is 0 Å². The molecule has 0 spiro atoms. The first-order chi connectivity index (χ1) is 11.4. The monoisotopic (exact) mass is 350 g/mol. The third-order valence-corrected chi connectivity index (χ3v) is 5.97. The fourth-order valence-electron chi connectivity index (χ4n) is 2.95. The number of anilines is 2. The number of piperidine rings is 1. The normalized spacial score (nSPS) is 16.4. The lowest BCUT2D eigenvalue weighted by atomic mass is 9.99. The van der Waals surface area contributed by atoms with Crippen molar-refractivity contribution < 1.29 is 12.9 Å². The van der Waals surface area contributed by atoms with Crippen LogP contribution in [-0.2, 0) is 10.0 Å². The molecule has 0 amide bonds. The van der Waals surface area contributed by atoms with Crippen LogP contribution < -0.4 is 9.62 Å². The summed E-state index contributed by atoms with van der Waals surface area (Å²) in [4.78, 5) is 6.59. The van der Waals surface area contributed by atoms with Crippen LogP contribution in [0.25, 0.3) is 0 Å². The van der Waals surface area contributed by atoms with Gasteiger partial charge >= 0.3 is 0 Å². The third-order valence-electron chi connectivity index (χ3n) is 4.37. The van der Waals surface area contributed by atoms with Crippen molar-refractivity contribution in [2.24, 2.45) is 5.92 Å². The molecule has 2 aromatic heterocycles. The Labute approximate surface area is 142 Å². The summed E-state index contributed by atoms with van der Waals surface area (Å²) in [7, 11) is -3.76. The molecule has 130 valence electrons. The minimum Gasteiger partial charge on any atom is -0.370 e. The lowest BCUT2D eigenvalue weighted by molar-refractivity contribution is 0.390. The number of aromatic nitrogens is 2. The molecular formula is C16H22N4O3S. The van der Waals surface area contributed by atoms with Crippen LogP contribution in [0.3, 0.4) is 0 Å². The van der Waals surface area contributed by atoms with Crippen molar-refractivity contribution in [3.63, 3.8) is 0 Å². The van der Waals surface area contributed by atoms with Gasteiger partial charge in [-0.1, -0.05) is 12.1 Å². The van der Waals surface area contributed by atoms with Gasteiger partial charge in [-0.25, -0.2) is 13.4 Å². The molecule has 0 radical (unpaired) electrons. The molecule has 3 rings (SSSR count). The number of rotatable bonds is 4. The Kier molecular flexibility index (Phi) is 4.49. The van der Waals surface area contributed by atoms with Crippen molar-refractivity contribution in [2.75, 3.05) is 22.7 Å². The van der Waals surface area contributed by atoms with E-state index in [9.17, 15) is 8.42 Å². The molecule has 1 fully saturated rings. The highest BCUT2D eigenvalue weighted by Gasteiger charge is 2.24. The topological polar surface area (TPSA) is 88.3 Å². The Hall–Kier alpha value is -2.09. The summed E-state index contributed by atoms with van der Waals surface area (Å²) in [6, 6.07) is 3.58. The van der Waals surface area contributed by atoms with E-state index in [4.69, 9.17) is 4.52 Å². The molecule has 7 nitrogen and oxygen atoms in total. The van der Waals surface area contributed by atoms with Crippen LogP contribution in [0, 0.1) is 19.8 Å². The standard InChI is InChI=1S/C16H22N4O3S/c1-11-6-8-20(9-7-11)14-4-5-15(17-10-14)19-24(21,22)16-12(2)18-23-13(16)3/h4-5,10-11H,6-9H2,1-3H3,(H,17,19). The molecule has 2 aromatic rings. The van der Waals surface area contributed by atoms with Gasteiger partial charge in [0.15, 0.2) is 10.7 Å². The van der Waals surface area contributed by atoms with E-state index in [-0.39, 0.29) is 16.5 Å². The summed E-state index contributed by atoms with van der Waals surface area (Å²) in [6.45, 7) is 7.45. The molecule has 0 aromatic carbocycles. The molecule has 1 aliphatic heterocycles. The summed E-state index contributed by atoms with van der Waals surface area (Å²) >= 11 is 0. The smallest absolute Gasteiger partial charge is 0.268 e. The molecule has 3 heterocycles. The Morgan fingerprint density at radius 2 is 1.96 bits per heavy atom. The van der Waals surface area contributed by atoms with E-state index in [2.05, 4.69) is 26.7 Å². The van der Waals surface area contributed by atoms with E-state index in [1.807, 2.05) is 6.07 Å². The van der Waals surface area contributed by atoms with Crippen molar-refractivity contribution in [2.45, 2.75) is 38.5 Å². The summed E-state index contributed by atoms with van der Waals surface area (Å²) in [6.07, 6.45) is 4.04. The Bertz CT molecular complexity index is 787. The van der Waals surface area contributed by atoms with Crippen molar-refractivity contribution in [1.29, 1.82) is 0 Å². The van der Waals surface area contributed by atoms with E-state index in [0.29, 0.717) is 5.69 Å². The van der Waals surface area contributed by atoms with E-state index in [1.165, 1.54) is 12.8 Å². The predicted octanol–water partition coefficient (Wildman–Crippen LogP) is 2.72. The summed E-state index contributed by atoms with van der Waals surface area (Å²) in [5.41, 5.74) is 1.35. The van der Waals surface area contributed by atoms with E-state index >= 15 is 0 Å². The average Bonchev–Trinajstić information content (AvgIpc) is 2.88. The van der Waals surface area contributed by atoms with Crippen molar-refractivity contribution in [3.05, 3.63) is 29.8 Å². The minimum absolute atomic E-state index is 0.0680. The maximum Gasteiger partial charge on any atom is 0.268 e. The fourth-order valence-corrected chi connectivity index (χ4v) is 4.29. The van der Waals surface area contributed by atoms with Crippen LogP contribution >= 0.6 is 0 Å². The molecule has 0 aliphatic carbocycles. The van der Waals surface area contributed by atoms with Gasteiger partial charge in [0.2, 0.25) is 0 Å². The first kappa shape index (κ1) is 16.8. The second-order valence-corrected chi connectivity index (χ2v) is 7.95. The number of nitrogens with one attached hydrogen (secondary N) is 1. The maximum absolute atomic E-state index is 12.5. The molecule has 24 heavy (non-hydrogen) atoms. The maximum atomic E-state index is 12.5. The van der Waals surface area contributed by atoms with E-state index in [1.54, 1.807) is 26.1 Å². The van der Waals surface area contributed by atoms with E-state index in [0.717, 1.165) is 24.7 Å². The van der Waals surface area contributed by atoms with Crippen LogP contribution in [0.4, 0.5) is 11.5 Å². The zero-order valence-corrected chi connectivity index (χ0v) is 14.9. The van der Waals surface area contributed by atoms with Crippen molar-refractivity contribution in [1.82, 2.24) is 10.1 Å². The largest absolute Gasteiger partial charge is 0.370 e. The van der Waals surface area contributed by atoms with Crippen LogP contribution in [0.1, 0.15) is 31.2 Å². The number of aryl methyl sites for hydroxylation is 2. The zero-order valence-electron chi connectivity index (χ0n) is 14.1. The second kappa shape index (κ2) is 6.43. The first-order valence-corrected chi connectivity index (χ1v) is 9.52. The lowest BCUT2D eigenvalue weighted by Crippen LogP contribution is -2.32. The van der Waals surface area contributed by atoms with Gasteiger partial charge in [0.05, 0.1) is 11.9 Å². The third kappa shape index (κ3) is 3.38. The minimum atomic E-state index is -3.76. The molecule has 8 heteroatoms. The highest BCUT2D eigenvalue weighted by molar-refractivity contribution is 7.92. The fraction of sp³-hybridized carbons (Fsp3) is 0.500. The average molecular weight is 350 g/mol. The summed E-state index contributed by atoms with van der Waals surface area (Å²) in [5, 5.41) is 3.68. The Morgan fingerprint density at radius 1 is 1.25 bits per heavy atom. The second-order valence-electron chi connectivity index (χ2n) is 6.33. The van der Waals surface area contributed by atoms with Gasteiger partial charge < -0.3 is 9.42 Å². The van der Waals surface area contributed by atoms with Gasteiger partial charge in [0.25, 0.3) is 10.0 Å². The molecule has 0 unspecified atom stereocenters. The SMILES string of the molecule is Cc1noc(C)c1S(=O)(=O)Nc1ccc(N2CCC(C)CC2)cn1. The van der Waals surface area contributed by atoms with Crippen molar-refractivity contribution >= 4 is 21.5 Å². The molecule has 1 aliphatic rings. The highest BCUT2D eigenvalue weighted by Crippen LogP contribution is 2.25. The number of hydrogen-bond donors (Lipinski definition) is 1. The first-order valence-electron chi connectivity index (χ1n) is 8.03. The van der Waals surface area contributed by atoms with Gasteiger partial charge in [0.1, 0.15) is 11.5 Å². The van der Waals surface area contributed by atoms with Gasteiger partial charge in [-0.05, 0) is 44.7 Å². The summed E-state index contributed by atoms with van der Waals surface area (Å²) < 4.78 is 32.3. The lowest BCUT2D eigenvalue weighted by Gasteiger charge is -2.31. The number of hydrogen-bond acceptors (Lipinski definition) is 6. The Balaban J connectivity index is 1.75. The van der Waals surface area contributed by atoms with Crippen LogP contribution in [-0.4, -0.2) is 31.6 Å². The molecule has 0 bridgehead atoms. The molecule has 0 atom stereocenters. The van der Waals surface area contributed by atoms with Gasteiger partial charge in [-0.2, -0.15) is 0 Å². The van der Waals surface area contributed by atoms with Crippen LogP contribution in [0.5, 0.6) is 0 Å². The number of pyridine rings is 1. The predicted molar refractivity (Wildman–Crippen MR) is 91.6 cm³/mol. The molecule has 1 N–H and O–H groups in total. The molecule has 1 saturated heterocycles. The van der Waals surface area contributed by atoms with Crippen molar-refractivity contribution in [3.8, 4) is 0 Å².